The SMILES string of the molecule is N#CC1C[C@@H](O)C(CCCC(O)C2(C3CC=CS3)CCC2)[C@H]1CCCCCCC(=O)O. The first-order chi connectivity index (χ1) is 15.0. The molecule has 0 radical (unpaired) electrons. The van der Waals surface area contributed by atoms with Gasteiger partial charge in [-0.3, -0.25) is 4.79 Å². The number of aliphatic hydroxyl groups is 2. The number of carboxylic acids is 1. The quantitative estimate of drug-likeness (QED) is 0.331. The van der Waals surface area contributed by atoms with E-state index in [0.29, 0.717) is 18.1 Å². The molecule has 2 saturated carbocycles. The molecular formula is C25H39NO4S. The summed E-state index contributed by atoms with van der Waals surface area (Å²) < 4.78 is 0. The summed E-state index contributed by atoms with van der Waals surface area (Å²) in [7, 11) is 0. The molecule has 0 bridgehead atoms. The van der Waals surface area contributed by atoms with Crippen LogP contribution in [0.1, 0.15) is 89.9 Å². The van der Waals surface area contributed by atoms with E-state index in [1.165, 1.54) is 6.42 Å². The molecule has 0 aromatic heterocycles. The van der Waals surface area contributed by atoms with Crippen LogP contribution in [-0.2, 0) is 4.79 Å². The van der Waals surface area contributed by atoms with Crippen LogP contribution in [0.5, 0.6) is 0 Å². The van der Waals surface area contributed by atoms with Gasteiger partial charge in [-0.15, -0.1) is 11.8 Å². The van der Waals surface area contributed by atoms with Crippen molar-refractivity contribution in [1.82, 2.24) is 0 Å². The van der Waals surface area contributed by atoms with Crippen molar-refractivity contribution in [2.75, 3.05) is 0 Å². The third-order valence-electron chi connectivity index (χ3n) is 8.19. The van der Waals surface area contributed by atoms with Gasteiger partial charge in [0.2, 0.25) is 0 Å². The Morgan fingerprint density at radius 1 is 1.16 bits per heavy atom. The Hall–Kier alpha value is -1.03. The zero-order chi connectivity index (χ0) is 22.3. The zero-order valence-electron chi connectivity index (χ0n) is 18.6. The summed E-state index contributed by atoms with van der Waals surface area (Å²) >= 11 is 1.88. The predicted octanol–water partition coefficient (Wildman–Crippen LogP) is 5.27. The number of rotatable bonds is 13. The normalized spacial score (nSPS) is 32.5. The van der Waals surface area contributed by atoms with Crippen molar-refractivity contribution in [3.05, 3.63) is 11.5 Å². The van der Waals surface area contributed by atoms with Gasteiger partial charge in [0.05, 0.1) is 24.2 Å². The maximum absolute atomic E-state index is 11.0. The summed E-state index contributed by atoms with van der Waals surface area (Å²) in [6, 6.07) is 2.42. The van der Waals surface area contributed by atoms with Crippen molar-refractivity contribution in [3.8, 4) is 6.07 Å². The van der Waals surface area contributed by atoms with Gasteiger partial charge in [0, 0.05) is 17.1 Å². The van der Waals surface area contributed by atoms with Gasteiger partial charge in [0.25, 0.3) is 0 Å². The fourth-order valence-electron chi connectivity index (χ4n) is 6.22. The van der Waals surface area contributed by atoms with E-state index in [0.717, 1.165) is 64.2 Å². The number of aliphatic hydroxyl groups excluding tert-OH is 2. The average Bonchev–Trinajstić information content (AvgIpc) is 3.33. The van der Waals surface area contributed by atoms with E-state index >= 15 is 0 Å². The molecule has 4 unspecified atom stereocenters. The van der Waals surface area contributed by atoms with Gasteiger partial charge in [-0.2, -0.15) is 5.26 Å². The van der Waals surface area contributed by atoms with E-state index in [1.54, 1.807) is 0 Å². The minimum absolute atomic E-state index is 0.0764. The van der Waals surface area contributed by atoms with E-state index in [9.17, 15) is 20.3 Å². The molecule has 3 rings (SSSR count). The Bertz CT molecular complexity index is 648. The van der Waals surface area contributed by atoms with E-state index in [4.69, 9.17) is 5.11 Å². The lowest BCUT2D eigenvalue weighted by atomic mass is 9.61. The highest BCUT2D eigenvalue weighted by atomic mass is 32.2. The summed E-state index contributed by atoms with van der Waals surface area (Å²) in [6.45, 7) is 0. The second-order valence-electron chi connectivity index (χ2n) is 9.98. The molecule has 31 heavy (non-hydrogen) atoms. The monoisotopic (exact) mass is 449 g/mol. The Labute approximate surface area is 191 Å². The molecule has 3 aliphatic rings. The van der Waals surface area contributed by atoms with Crippen LogP contribution in [0.2, 0.25) is 0 Å². The molecule has 5 nitrogen and oxygen atoms in total. The lowest BCUT2D eigenvalue weighted by Crippen LogP contribution is -2.48. The van der Waals surface area contributed by atoms with Crippen LogP contribution in [0.15, 0.2) is 11.5 Å². The second-order valence-corrected chi connectivity index (χ2v) is 11.1. The number of carboxylic acid groups (broad SMARTS) is 1. The Morgan fingerprint density at radius 2 is 1.90 bits per heavy atom. The van der Waals surface area contributed by atoms with E-state index in [1.807, 2.05) is 11.8 Å². The van der Waals surface area contributed by atoms with Crippen LogP contribution in [0.4, 0.5) is 0 Å². The summed E-state index contributed by atoms with van der Waals surface area (Å²) in [6.07, 6.45) is 14.0. The van der Waals surface area contributed by atoms with Gasteiger partial charge in [-0.1, -0.05) is 38.2 Å². The van der Waals surface area contributed by atoms with Gasteiger partial charge in [0.1, 0.15) is 0 Å². The number of unbranched alkanes of at least 4 members (excludes halogenated alkanes) is 3. The molecule has 2 fully saturated rings. The highest BCUT2D eigenvalue weighted by molar-refractivity contribution is 8.03. The molecule has 0 aromatic rings. The van der Waals surface area contributed by atoms with Crippen molar-refractivity contribution in [2.45, 2.75) is 107 Å². The van der Waals surface area contributed by atoms with Crippen molar-refractivity contribution < 1.29 is 20.1 Å². The molecule has 6 heteroatoms. The number of carbonyl (C=O) groups is 1. The summed E-state index contributed by atoms with van der Waals surface area (Å²) in [5.41, 5.74) is 0.0764. The molecule has 2 aliphatic carbocycles. The number of hydrogen-bond acceptors (Lipinski definition) is 5. The van der Waals surface area contributed by atoms with Crippen molar-refractivity contribution in [2.24, 2.45) is 23.2 Å². The largest absolute Gasteiger partial charge is 0.481 e. The summed E-state index contributed by atoms with van der Waals surface area (Å²) in [5.74, 6) is -0.445. The number of aliphatic carboxylic acids is 1. The topological polar surface area (TPSA) is 102 Å². The van der Waals surface area contributed by atoms with Crippen LogP contribution < -0.4 is 0 Å². The molecule has 1 aliphatic heterocycles. The van der Waals surface area contributed by atoms with Crippen molar-refractivity contribution in [1.29, 1.82) is 5.26 Å². The zero-order valence-corrected chi connectivity index (χ0v) is 19.4. The minimum Gasteiger partial charge on any atom is -0.481 e. The molecule has 1 heterocycles. The Balaban J connectivity index is 1.44. The van der Waals surface area contributed by atoms with Gasteiger partial charge in [0.15, 0.2) is 0 Å². The highest BCUT2D eigenvalue weighted by Crippen LogP contribution is 2.55. The maximum Gasteiger partial charge on any atom is 0.303 e. The third-order valence-corrected chi connectivity index (χ3v) is 9.53. The van der Waals surface area contributed by atoms with E-state index in [-0.39, 0.29) is 35.7 Å². The number of nitrogens with zero attached hydrogens (tertiary/aromatic N) is 1. The van der Waals surface area contributed by atoms with Crippen LogP contribution in [0.25, 0.3) is 0 Å². The van der Waals surface area contributed by atoms with Crippen LogP contribution in [0, 0.1) is 34.5 Å². The Morgan fingerprint density at radius 3 is 2.52 bits per heavy atom. The first-order valence-corrected chi connectivity index (χ1v) is 13.2. The summed E-state index contributed by atoms with van der Waals surface area (Å²) in [5, 5.41) is 42.7. The van der Waals surface area contributed by atoms with E-state index in [2.05, 4.69) is 17.6 Å². The fourth-order valence-corrected chi connectivity index (χ4v) is 7.52. The molecule has 0 amide bonds. The van der Waals surface area contributed by atoms with Gasteiger partial charge in [-0.25, -0.2) is 0 Å². The number of nitriles is 1. The standard InChI is InChI=1S/C25H39NO4S/c26-17-18-16-21(27)20(19(18)8-3-1-2-4-12-24(29)30)9-5-10-22(28)25(13-7-14-25)23-11-6-15-31-23/h6,15,18-23,27-28H,1-5,7-14,16H2,(H,29,30)/t18?,19-,20?,21+,22?,23?/m0/s1. The van der Waals surface area contributed by atoms with E-state index < -0.39 is 12.1 Å². The van der Waals surface area contributed by atoms with Crippen molar-refractivity contribution >= 4 is 17.7 Å². The van der Waals surface area contributed by atoms with Crippen LogP contribution in [0.3, 0.4) is 0 Å². The number of allylic oxidation sites excluding steroid dienone is 1. The molecule has 6 atom stereocenters. The van der Waals surface area contributed by atoms with Crippen LogP contribution >= 0.6 is 11.8 Å². The Kier molecular flexibility index (Phi) is 9.31. The third kappa shape index (κ3) is 6.06. The molecule has 0 saturated heterocycles. The average molecular weight is 450 g/mol. The van der Waals surface area contributed by atoms with Crippen LogP contribution in [-0.4, -0.2) is 38.7 Å². The fraction of sp³-hybridized carbons (Fsp3) is 0.840. The molecule has 174 valence electrons. The van der Waals surface area contributed by atoms with Gasteiger partial charge in [-0.05, 0) is 68.6 Å². The highest BCUT2D eigenvalue weighted by Gasteiger charge is 2.49. The molecule has 0 aromatic carbocycles. The van der Waals surface area contributed by atoms with Gasteiger partial charge < -0.3 is 15.3 Å². The number of hydrogen-bond donors (Lipinski definition) is 3. The first kappa shape index (κ1) is 24.6. The molecule has 3 N–H and O–H groups in total. The smallest absolute Gasteiger partial charge is 0.303 e. The lowest BCUT2D eigenvalue weighted by Gasteiger charge is -2.49. The minimum atomic E-state index is -0.739. The summed E-state index contributed by atoms with van der Waals surface area (Å²) in [4.78, 5) is 10.6. The predicted molar refractivity (Wildman–Crippen MR) is 123 cm³/mol. The molecule has 0 spiro atoms. The lowest BCUT2D eigenvalue weighted by molar-refractivity contribution is -0.137. The maximum atomic E-state index is 11.0. The first-order valence-electron chi connectivity index (χ1n) is 12.3. The van der Waals surface area contributed by atoms with Crippen molar-refractivity contribution in [3.63, 3.8) is 0 Å². The van der Waals surface area contributed by atoms with Gasteiger partial charge >= 0.3 is 5.97 Å². The molecular weight excluding hydrogens is 410 g/mol. The second kappa shape index (κ2) is 11.7. The number of thioether (sulfide) groups is 1.